The van der Waals surface area contributed by atoms with Gasteiger partial charge in [0.05, 0.1) is 24.5 Å². The molecule has 0 saturated carbocycles. The minimum Gasteiger partial charge on any atom is -0.497 e. The van der Waals surface area contributed by atoms with Crippen LogP contribution in [0.5, 0.6) is 5.75 Å². The van der Waals surface area contributed by atoms with Gasteiger partial charge in [0.25, 0.3) is 0 Å². The van der Waals surface area contributed by atoms with E-state index in [0.29, 0.717) is 13.0 Å². The van der Waals surface area contributed by atoms with Gasteiger partial charge in [-0.05, 0) is 30.5 Å². The number of hydrogen-bond acceptors (Lipinski definition) is 4. The molecule has 1 aliphatic rings. The average Bonchev–Trinajstić information content (AvgIpc) is 2.80. The molecule has 1 N–H and O–H groups in total. The zero-order valence-electron chi connectivity index (χ0n) is 11.5. The molecule has 1 aromatic carbocycles. The lowest BCUT2D eigenvalue weighted by atomic mass is 10.1. The predicted molar refractivity (Wildman–Crippen MR) is 76.5 cm³/mol. The molecule has 1 unspecified atom stereocenters. The molecule has 0 bridgehead atoms. The second-order valence-corrected chi connectivity index (χ2v) is 7.22. The number of ether oxygens (including phenoxy) is 1. The molecule has 0 radical (unpaired) electrons. The molecule has 2 rings (SSSR count). The van der Waals surface area contributed by atoms with Crippen molar-refractivity contribution in [3.05, 3.63) is 29.8 Å². The maximum atomic E-state index is 11.8. The monoisotopic (exact) mass is 297 g/mol. The molecule has 1 saturated heterocycles. The average molecular weight is 297 g/mol. The summed E-state index contributed by atoms with van der Waals surface area (Å²) in [5.41, 5.74) is 1.10. The van der Waals surface area contributed by atoms with Crippen LogP contribution in [0.15, 0.2) is 24.3 Å². The smallest absolute Gasteiger partial charge is 0.224 e. The van der Waals surface area contributed by atoms with Crippen LogP contribution in [0.25, 0.3) is 0 Å². The number of sulfone groups is 1. The molecule has 1 aromatic rings. The van der Waals surface area contributed by atoms with Crippen LogP contribution in [0, 0.1) is 5.92 Å². The summed E-state index contributed by atoms with van der Waals surface area (Å²) in [7, 11) is -1.38. The lowest BCUT2D eigenvalue weighted by Crippen LogP contribution is -2.32. The van der Waals surface area contributed by atoms with Crippen molar-refractivity contribution in [2.45, 2.75) is 12.8 Å². The normalized spacial score (nSPS) is 20.6. The Morgan fingerprint density at radius 2 is 2.05 bits per heavy atom. The van der Waals surface area contributed by atoms with Crippen molar-refractivity contribution >= 4 is 15.7 Å². The standard InChI is InChI=1S/C14H19NO4S/c1-19-13-4-2-11(3-5-13)6-8-15-14(16)12-7-9-20(17,18)10-12/h2-5,12H,6-10H2,1H3,(H,15,16). The number of methoxy groups -OCH3 is 1. The van der Waals surface area contributed by atoms with Gasteiger partial charge in [0, 0.05) is 6.54 Å². The third-order valence-corrected chi connectivity index (χ3v) is 5.24. The first-order chi connectivity index (χ1) is 9.50. The van der Waals surface area contributed by atoms with Gasteiger partial charge in [-0.2, -0.15) is 0 Å². The zero-order chi connectivity index (χ0) is 14.6. The van der Waals surface area contributed by atoms with Crippen LogP contribution in [0.3, 0.4) is 0 Å². The number of rotatable bonds is 5. The third-order valence-electron chi connectivity index (χ3n) is 3.48. The molecule has 110 valence electrons. The minimum atomic E-state index is -3.00. The molecule has 0 aromatic heterocycles. The number of carbonyl (C=O) groups is 1. The first kappa shape index (κ1) is 14.8. The summed E-state index contributed by atoms with van der Waals surface area (Å²) in [6.45, 7) is 0.516. The molecule has 1 atom stereocenters. The van der Waals surface area contributed by atoms with E-state index >= 15 is 0 Å². The zero-order valence-corrected chi connectivity index (χ0v) is 12.3. The quantitative estimate of drug-likeness (QED) is 0.872. The van der Waals surface area contributed by atoms with Crippen LogP contribution < -0.4 is 10.1 Å². The van der Waals surface area contributed by atoms with E-state index in [-0.39, 0.29) is 23.3 Å². The van der Waals surface area contributed by atoms with Crippen molar-refractivity contribution in [3.8, 4) is 5.75 Å². The van der Waals surface area contributed by atoms with Gasteiger partial charge >= 0.3 is 0 Å². The van der Waals surface area contributed by atoms with Gasteiger partial charge in [-0.1, -0.05) is 12.1 Å². The highest BCUT2D eigenvalue weighted by molar-refractivity contribution is 7.91. The molecule has 1 aliphatic heterocycles. The highest BCUT2D eigenvalue weighted by Gasteiger charge is 2.32. The van der Waals surface area contributed by atoms with Gasteiger partial charge in [0.2, 0.25) is 5.91 Å². The lowest BCUT2D eigenvalue weighted by molar-refractivity contribution is -0.124. The van der Waals surface area contributed by atoms with Crippen LogP contribution in [0.2, 0.25) is 0 Å². The number of carbonyl (C=O) groups excluding carboxylic acids is 1. The van der Waals surface area contributed by atoms with Crippen LogP contribution >= 0.6 is 0 Å². The Morgan fingerprint density at radius 3 is 2.60 bits per heavy atom. The Morgan fingerprint density at radius 1 is 1.35 bits per heavy atom. The summed E-state index contributed by atoms with van der Waals surface area (Å²) in [4.78, 5) is 11.8. The summed E-state index contributed by atoms with van der Waals surface area (Å²) < 4.78 is 27.7. The minimum absolute atomic E-state index is 0.0125. The number of nitrogens with one attached hydrogen (secondary N) is 1. The van der Waals surface area contributed by atoms with E-state index in [9.17, 15) is 13.2 Å². The number of amides is 1. The Balaban J connectivity index is 1.76. The van der Waals surface area contributed by atoms with Gasteiger partial charge in [-0.3, -0.25) is 4.79 Å². The fraction of sp³-hybridized carbons (Fsp3) is 0.500. The molecule has 5 nitrogen and oxygen atoms in total. The van der Waals surface area contributed by atoms with Crippen molar-refractivity contribution in [1.29, 1.82) is 0 Å². The van der Waals surface area contributed by atoms with Crippen molar-refractivity contribution in [2.75, 3.05) is 25.2 Å². The van der Waals surface area contributed by atoms with Gasteiger partial charge in [-0.15, -0.1) is 0 Å². The first-order valence-corrected chi connectivity index (χ1v) is 8.43. The maximum absolute atomic E-state index is 11.8. The summed E-state index contributed by atoms with van der Waals surface area (Å²) in [6.07, 6.45) is 1.16. The predicted octanol–water partition coefficient (Wildman–Crippen LogP) is 0.789. The molecular formula is C14H19NO4S. The summed E-state index contributed by atoms with van der Waals surface area (Å²) in [5.74, 6) is 0.384. The largest absolute Gasteiger partial charge is 0.497 e. The van der Waals surface area contributed by atoms with E-state index in [1.807, 2.05) is 24.3 Å². The van der Waals surface area contributed by atoms with Gasteiger partial charge in [-0.25, -0.2) is 8.42 Å². The number of benzene rings is 1. The van der Waals surface area contributed by atoms with Gasteiger partial charge < -0.3 is 10.1 Å². The molecule has 1 heterocycles. The number of hydrogen-bond donors (Lipinski definition) is 1. The highest BCUT2D eigenvalue weighted by Crippen LogP contribution is 2.18. The van der Waals surface area contributed by atoms with Crippen LogP contribution in [-0.2, 0) is 21.1 Å². The summed E-state index contributed by atoms with van der Waals surface area (Å²) in [5, 5.41) is 2.80. The topological polar surface area (TPSA) is 72.5 Å². The Hall–Kier alpha value is -1.56. The molecule has 0 aliphatic carbocycles. The van der Waals surface area contributed by atoms with Crippen molar-refractivity contribution in [2.24, 2.45) is 5.92 Å². The Bertz CT molecular complexity index is 565. The van der Waals surface area contributed by atoms with Crippen LogP contribution in [-0.4, -0.2) is 39.5 Å². The van der Waals surface area contributed by atoms with Gasteiger partial charge in [0.1, 0.15) is 5.75 Å². The fourth-order valence-electron chi connectivity index (χ4n) is 2.27. The van der Waals surface area contributed by atoms with E-state index in [4.69, 9.17) is 4.74 Å². The fourth-order valence-corrected chi connectivity index (χ4v) is 4.01. The lowest BCUT2D eigenvalue weighted by Gasteiger charge is -2.09. The molecule has 6 heteroatoms. The molecule has 1 amide bonds. The summed E-state index contributed by atoms with van der Waals surface area (Å²) >= 11 is 0. The van der Waals surface area contributed by atoms with Crippen molar-refractivity contribution in [1.82, 2.24) is 5.32 Å². The second-order valence-electron chi connectivity index (χ2n) is 4.99. The van der Waals surface area contributed by atoms with Crippen molar-refractivity contribution in [3.63, 3.8) is 0 Å². The van der Waals surface area contributed by atoms with E-state index in [1.165, 1.54) is 0 Å². The molecule has 20 heavy (non-hydrogen) atoms. The maximum Gasteiger partial charge on any atom is 0.224 e. The molecule has 1 fully saturated rings. The highest BCUT2D eigenvalue weighted by atomic mass is 32.2. The third kappa shape index (κ3) is 3.96. The van der Waals surface area contributed by atoms with Gasteiger partial charge in [0.15, 0.2) is 9.84 Å². The van der Waals surface area contributed by atoms with E-state index < -0.39 is 9.84 Å². The first-order valence-electron chi connectivity index (χ1n) is 6.61. The Labute approximate surface area is 119 Å². The SMILES string of the molecule is COc1ccc(CCNC(=O)C2CCS(=O)(=O)C2)cc1. The van der Waals surface area contributed by atoms with E-state index in [2.05, 4.69) is 5.32 Å². The second kappa shape index (κ2) is 6.26. The molecular weight excluding hydrogens is 278 g/mol. The van der Waals surface area contributed by atoms with Crippen LogP contribution in [0.1, 0.15) is 12.0 Å². The van der Waals surface area contributed by atoms with Crippen molar-refractivity contribution < 1.29 is 17.9 Å². The van der Waals surface area contributed by atoms with E-state index in [1.54, 1.807) is 7.11 Å². The van der Waals surface area contributed by atoms with Crippen LogP contribution in [0.4, 0.5) is 0 Å². The molecule has 0 spiro atoms. The summed E-state index contributed by atoms with van der Waals surface area (Å²) in [6, 6.07) is 7.65. The van der Waals surface area contributed by atoms with E-state index in [0.717, 1.165) is 17.7 Å². The Kier molecular flexibility index (Phi) is 4.65.